The lowest BCUT2D eigenvalue weighted by Gasteiger charge is -2.10. The standard InChI is InChI=1S/C25H19N5O2/c26-23-22-20(15-21(29-24(22)30-32-23)17-7-3-1-4-8-17)16-11-13-19(14-12-16)28-25(31)27-18-9-5-2-6-10-18/h1-15H,26H2,(H2,27,28,31). The second-order valence-electron chi connectivity index (χ2n) is 7.19. The molecule has 4 N–H and O–H groups in total. The number of aromatic nitrogens is 2. The van der Waals surface area contributed by atoms with Crippen LogP contribution in [0.3, 0.4) is 0 Å². The molecule has 0 unspecified atom stereocenters. The zero-order valence-corrected chi connectivity index (χ0v) is 16.9. The molecule has 7 heteroatoms. The van der Waals surface area contributed by atoms with Crippen LogP contribution in [0.1, 0.15) is 0 Å². The quantitative estimate of drug-likeness (QED) is 0.341. The summed E-state index contributed by atoms with van der Waals surface area (Å²) in [5.74, 6) is 0.214. The van der Waals surface area contributed by atoms with Crippen LogP contribution in [0.4, 0.5) is 22.1 Å². The van der Waals surface area contributed by atoms with Gasteiger partial charge in [0.15, 0.2) is 0 Å². The lowest BCUT2D eigenvalue weighted by Crippen LogP contribution is -2.19. The molecule has 2 heterocycles. The first-order valence-corrected chi connectivity index (χ1v) is 10.0. The number of amides is 2. The highest BCUT2D eigenvalue weighted by Crippen LogP contribution is 2.35. The summed E-state index contributed by atoms with van der Waals surface area (Å²) >= 11 is 0. The zero-order chi connectivity index (χ0) is 21.9. The van der Waals surface area contributed by atoms with Gasteiger partial charge in [0, 0.05) is 22.5 Å². The topological polar surface area (TPSA) is 106 Å². The molecular formula is C25H19N5O2. The molecule has 0 bridgehead atoms. The first kappa shape index (κ1) is 19.3. The molecule has 2 aromatic heterocycles. The predicted molar refractivity (Wildman–Crippen MR) is 126 cm³/mol. The number of nitrogen functional groups attached to an aromatic ring is 1. The van der Waals surface area contributed by atoms with E-state index >= 15 is 0 Å². The summed E-state index contributed by atoms with van der Waals surface area (Å²) in [5, 5.41) is 10.3. The highest BCUT2D eigenvalue weighted by atomic mass is 16.5. The van der Waals surface area contributed by atoms with Gasteiger partial charge in [-0.15, -0.1) is 0 Å². The van der Waals surface area contributed by atoms with E-state index in [1.165, 1.54) is 0 Å². The first-order valence-electron chi connectivity index (χ1n) is 10.0. The van der Waals surface area contributed by atoms with Gasteiger partial charge >= 0.3 is 6.03 Å². The van der Waals surface area contributed by atoms with Gasteiger partial charge in [0.2, 0.25) is 11.5 Å². The summed E-state index contributed by atoms with van der Waals surface area (Å²) in [4.78, 5) is 16.9. The van der Waals surface area contributed by atoms with E-state index in [0.29, 0.717) is 16.7 Å². The molecule has 0 radical (unpaired) electrons. The van der Waals surface area contributed by atoms with Crippen LogP contribution < -0.4 is 16.4 Å². The van der Waals surface area contributed by atoms with Crippen molar-refractivity contribution in [3.8, 4) is 22.4 Å². The minimum absolute atomic E-state index is 0.214. The van der Waals surface area contributed by atoms with Gasteiger partial charge in [0.25, 0.3) is 0 Å². The number of benzene rings is 3. The van der Waals surface area contributed by atoms with Gasteiger partial charge in [-0.2, -0.15) is 0 Å². The average Bonchev–Trinajstić information content (AvgIpc) is 3.21. The number of hydrogen-bond donors (Lipinski definition) is 3. The van der Waals surface area contributed by atoms with Crippen LogP contribution in [-0.2, 0) is 0 Å². The van der Waals surface area contributed by atoms with E-state index in [2.05, 4.69) is 20.8 Å². The predicted octanol–water partition coefficient (Wildman–Crippen LogP) is 5.78. The molecule has 156 valence electrons. The van der Waals surface area contributed by atoms with Crippen LogP contribution in [0.25, 0.3) is 33.4 Å². The largest absolute Gasteiger partial charge is 0.367 e. The third kappa shape index (κ3) is 3.87. The highest BCUT2D eigenvalue weighted by Gasteiger charge is 2.16. The van der Waals surface area contributed by atoms with Crippen LogP contribution in [0, 0.1) is 0 Å². The number of nitrogens with zero attached hydrogens (tertiary/aromatic N) is 2. The number of fused-ring (bicyclic) bond motifs is 1. The maximum atomic E-state index is 12.3. The maximum Gasteiger partial charge on any atom is 0.323 e. The Hall–Kier alpha value is -4.65. The van der Waals surface area contributed by atoms with Crippen molar-refractivity contribution in [2.24, 2.45) is 0 Å². The molecule has 3 aromatic carbocycles. The van der Waals surface area contributed by atoms with Crippen LogP contribution >= 0.6 is 0 Å². The number of nitrogens with two attached hydrogens (primary N) is 1. The average molecular weight is 421 g/mol. The fourth-order valence-electron chi connectivity index (χ4n) is 3.51. The van der Waals surface area contributed by atoms with Gasteiger partial charge < -0.3 is 20.9 Å². The molecule has 0 saturated heterocycles. The summed E-state index contributed by atoms with van der Waals surface area (Å²) in [6, 6.07) is 28.2. The van der Waals surface area contributed by atoms with Crippen molar-refractivity contribution >= 4 is 34.3 Å². The maximum absolute atomic E-state index is 12.3. The van der Waals surface area contributed by atoms with Gasteiger partial charge in [0.1, 0.15) is 0 Å². The summed E-state index contributed by atoms with van der Waals surface area (Å²) in [7, 11) is 0. The molecule has 0 aliphatic carbocycles. The van der Waals surface area contributed by atoms with Crippen molar-refractivity contribution in [1.82, 2.24) is 10.1 Å². The Morgan fingerprint density at radius 3 is 2.09 bits per heavy atom. The number of pyridine rings is 1. The first-order chi connectivity index (χ1) is 15.7. The molecule has 0 aliphatic rings. The van der Waals surface area contributed by atoms with Crippen molar-refractivity contribution in [2.75, 3.05) is 16.4 Å². The van der Waals surface area contributed by atoms with Crippen LogP contribution in [0.5, 0.6) is 0 Å². The van der Waals surface area contributed by atoms with Gasteiger partial charge in [-0.25, -0.2) is 9.78 Å². The summed E-state index contributed by atoms with van der Waals surface area (Å²) in [6.07, 6.45) is 0. The summed E-state index contributed by atoms with van der Waals surface area (Å²) in [5.41, 5.74) is 11.4. The zero-order valence-electron chi connectivity index (χ0n) is 16.9. The number of urea groups is 1. The molecule has 0 fully saturated rings. The number of carbonyl (C=O) groups is 1. The number of rotatable bonds is 4. The Morgan fingerprint density at radius 1 is 0.781 bits per heavy atom. The third-order valence-corrected chi connectivity index (χ3v) is 5.03. The Labute approximate surface area is 183 Å². The molecule has 5 aromatic rings. The SMILES string of the molecule is Nc1onc2nc(-c3ccccc3)cc(-c3ccc(NC(=O)Nc4ccccc4)cc3)c12. The van der Waals surface area contributed by atoms with E-state index in [1.54, 1.807) is 0 Å². The molecule has 7 nitrogen and oxygen atoms in total. The monoisotopic (exact) mass is 421 g/mol. The van der Waals surface area contributed by atoms with Crippen molar-refractivity contribution in [3.63, 3.8) is 0 Å². The minimum Gasteiger partial charge on any atom is -0.367 e. The van der Waals surface area contributed by atoms with Gasteiger partial charge in [-0.05, 0) is 35.9 Å². The van der Waals surface area contributed by atoms with E-state index < -0.39 is 0 Å². The van der Waals surface area contributed by atoms with E-state index in [9.17, 15) is 4.79 Å². The lowest BCUT2D eigenvalue weighted by atomic mass is 10.00. The van der Waals surface area contributed by atoms with Crippen LogP contribution in [0.15, 0.2) is 95.5 Å². The molecular weight excluding hydrogens is 402 g/mol. The Balaban J connectivity index is 1.45. The highest BCUT2D eigenvalue weighted by molar-refractivity contribution is 6.02. The summed E-state index contributed by atoms with van der Waals surface area (Å²) < 4.78 is 5.20. The van der Waals surface area contributed by atoms with Crippen molar-refractivity contribution in [2.45, 2.75) is 0 Å². The second kappa shape index (κ2) is 8.23. The van der Waals surface area contributed by atoms with Crippen molar-refractivity contribution < 1.29 is 9.32 Å². The van der Waals surface area contributed by atoms with Crippen LogP contribution in [-0.4, -0.2) is 16.2 Å². The van der Waals surface area contributed by atoms with Crippen LogP contribution in [0.2, 0.25) is 0 Å². The Morgan fingerprint density at radius 2 is 1.41 bits per heavy atom. The van der Waals surface area contributed by atoms with Gasteiger partial charge in [-0.1, -0.05) is 65.8 Å². The fraction of sp³-hybridized carbons (Fsp3) is 0. The van der Waals surface area contributed by atoms with Crippen molar-refractivity contribution in [3.05, 3.63) is 91.0 Å². The van der Waals surface area contributed by atoms with E-state index in [-0.39, 0.29) is 11.9 Å². The van der Waals surface area contributed by atoms with E-state index in [4.69, 9.17) is 10.3 Å². The smallest absolute Gasteiger partial charge is 0.323 e. The number of para-hydroxylation sites is 1. The molecule has 5 rings (SSSR count). The van der Waals surface area contributed by atoms with Crippen molar-refractivity contribution in [1.29, 1.82) is 0 Å². The molecule has 0 spiro atoms. The van der Waals surface area contributed by atoms with E-state index in [1.807, 2.05) is 91.0 Å². The molecule has 2 amide bonds. The number of hydrogen-bond acceptors (Lipinski definition) is 5. The number of nitrogens with one attached hydrogen (secondary N) is 2. The fourth-order valence-corrected chi connectivity index (χ4v) is 3.51. The molecule has 32 heavy (non-hydrogen) atoms. The Kier molecular flexibility index (Phi) is 4.97. The number of anilines is 3. The van der Waals surface area contributed by atoms with Gasteiger partial charge in [-0.3, -0.25) is 0 Å². The van der Waals surface area contributed by atoms with E-state index in [0.717, 1.165) is 28.1 Å². The summed E-state index contributed by atoms with van der Waals surface area (Å²) in [6.45, 7) is 0. The second-order valence-corrected chi connectivity index (χ2v) is 7.19. The molecule has 0 saturated carbocycles. The Bertz CT molecular complexity index is 1380. The minimum atomic E-state index is -0.315. The third-order valence-electron chi connectivity index (χ3n) is 5.03. The normalized spacial score (nSPS) is 10.8. The molecule has 0 atom stereocenters. The lowest BCUT2D eigenvalue weighted by molar-refractivity contribution is 0.262. The molecule has 0 aliphatic heterocycles. The van der Waals surface area contributed by atoms with Gasteiger partial charge in [0.05, 0.1) is 11.1 Å². The number of carbonyl (C=O) groups excluding carboxylic acids is 1.